The highest BCUT2D eigenvalue weighted by Crippen LogP contribution is 2.25. The molecule has 5 nitrogen and oxygen atoms in total. The van der Waals surface area contributed by atoms with E-state index in [0.717, 1.165) is 31.2 Å². The molecule has 154 valence electrons. The zero-order valence-electron chi connectivity index (χ0n) is 16.5. The number of hydrogen-bond donors (Lipinski definition) is 1. The van der Waals surface area contributed by atoms with E-state index < -0.39 is 11.6 Å². The number of rotatable bonds is 6. The maximum Gasteiger partial charge on any atom is 0.268 e. The molecule has 1 fully saturated rings. The number of piperidine rings is 1. The molecule has 0 bridgehead atoms. The molecule has 3 aromatic rings. The van der Waals surface area contributed by atoms with E-state index in [1.807, 2.05) is 13.0 Å². The van der Waals surface area contributed by atoms with E-state index in [9.17, 15) is 13.6 Å². The predicted octanol–water partition coefficient (Wildman–Crippen LogP) is 4.08. The van der Waals surface area contributed by atoms with Crippen molar-refractivity contribution in [2.75, 3.05) is 26.2 Å². The van der Waals surface area contributed by atoms with Crippen LogP contribution in [-0.2, 0) is 6.54 Å². The Balaban J connectivity index is 1.54. The molecule has 3 heterocycles. The molecule has 1 N–H and O–H groups in total. The number of carbonyl (C=O) groups is 1. The molecule has 1 aliphatic rings. The average molecular weight is 401 g/mol. The molecule has 1 amide bonds. The molecule has 1 aromatic carbocycles. The van der Waals surface area contributed by atoms with Gasteiger partial charge in [-0.3, -0.25) is 4.79 Å². The van der Waals surface area contributed by atoms with E-state index in [1.54, 1.807) is 10.6 Å². The molecule has 0 aliphatic carbocycles. The van der Waals surface area contributed by atoms with Gasteiger partial charge in [0.25, 0.3) is 5.91 Å². The zero-order chi connectivity index (χ0) is 20.4. The van der Waals surface area contributed by atoms with Crippen molar-refractivity contribution in [3.8, 4) is 0 Å². The normalized spacial score (nSPS) is 15.1. The van der Waals surface area contributed by atoms with Gasteiger partial charge >= 0.3 is 0 Å². The minimum atomic E-state index is -0.640. The van der Waals surface area contributed by atoms with Gasteiger partial charge in [-0.2, -0.15) is 0 Å². The number of halogens is 2. The Morgan fingerprint density at radius 1 is 1.07 bits per heavy atom. The maximum atomic E-state index is 13.6. The van der Waals surface area contributed by atoms with E-state index in [2.05, 4.69) is 10.2 Å². The lowest BCUT2D eigenvalue weighted by Crippen LogP contribution is -2.38. The number of benzene rings is 1. The third-order valence-electron chi connectivity index (χ3n) is 5.37. The van der Waals surface area contributed by atoms with E-state index in [1.165, 1.54) is 31.4 Å². The van der Waals surface area contributed by atoms with Gasteiger partial charge in [-0.15, -0.1) is 0 Å². The van der Waals surface area contributed by atoms with Crippen LogP contribution in [0.5, 0.6) is 0 Å². The maximum absolute atomic E-state index is 13.6. The summed E-state index contributed by atoms with van der Waals surface area (Å²) in [6.07, 6.45) is 3.68. The second-order valence-corrected chi connectivity index (χ2v) is 7.66. The van der Waals surface area contributed by atoms with Gasteiger partial charge in [-0.05, 0) is 50.6 Å². The summed E-state index contributed by atoms with van der Waals surface area (Å²) in [5.74, 6) is -0.784. The largest absolute Gasteiger partial charge is 0.460 e. The smallest absolute Gasteiger partial charge is 0.268 e. The van der Waals surface area contributed by atoms with Crippen LogP contribution in [-0.4, -0.2) is 41.6 Å². The molecule has 1 saturated heterocycles. The van der Waals surface area contributed by atoms with Gasteiger partial charge in [0, 0.05) is 37.8 Å². The SMILES string of the molecule is Cc1cc2c(cc(C(=O)NCCN3CCCCC3)n2Cc2cc(F)cc(F)c2)o1. The van der Waals surface area contributed by atoms with Crippen LogP contribution in [0.4, 0.5) is 8.78 Å². The molecular weight excluding hydrogens is 376 g/mol. The Morgan fingerprint density at radius 3 is 2.52 bits per heavy atom. The van der Waals surface area contributed by atoms with Crippen molar-refractivity contribution in [1.82, 2.24) is 14.8 Å². The van der Waals surface area contributed by atoms with Crippen LogP contribution in [0.25, 0.3) is 11.1 Å². The van der Waals surface area contributed by atoms with Crippen LogP contribution >= 0.6 is 0 Å². The molecule has 29 heavy (non-hydrogen) atoms. The number of hydrogen-bond acceptors (Lipinski definition) is 3. The van der Waals surface area contributed by atoms with Crippen molar-refractivity contribution < 1.29 is 18.0 Å². The van der Waals surface area contributed by atoms with Crippen molar-refractivity contribution in [3.05, 3.63) is 59.0 Å². The molecule has 7 heteroatoms. The number of furan rings is 1. The number of aromatic nitrogens is 1. The molecule has 0 spiro atoms. The van der Waals surface area contributed by atoms with Crippen molar-refractivity contribution >= 4 is 17.0 Å². The van der Waals surface area contributed by atoms with E-state index >= 15 is 0 Å². The minimum Gasteiger partial charge on any atom is -0.460 e. The van der Waals surface area contributed by atoms with Crippen molar-refractivity contribution in [2.24, 2.45) is 0 Å². The average Bonchev–Trinajstić information content (AvgIpc) is 3.19. The van der Waals surface area contributed by atoms with Crippen molar-refractivity contribution in [3.63, 3.8) is 0 Å². The fourth-order valence-electron chi connectivity index (χ4n) is 4.01. The van der Waals surface area contributed by atoms with Gasteiger partial charge in [0.05, 0.1) is 5.52 Å². The van der Waals surface area contributed by atoms with Gasteiger partial charge < -0.3 is 19.2 Å². The molecule has 1 aliphatic heterocycles. The number of nitrogens with zero attached hydrogens (tertiary/aromatic N) is 2. The zero-order valence-corrected chi connectivity index (χ0v) is 16.5. The van der Waals surface area contributed by atoms with E-state index in [0.29, 0.717) is 29.1 Å². The minimum absolute atomic E-state index is 0.173. The highest BCUT2D eigenvalue weighted by Gasteiger charge is 2.19. The standard InChI is InChI=1S/C22H25F2N3O2/c1-15-9-19-21(29-15)13-20(22(28)25-5-8-26-6-3-2-4-7-26)27(19)14-16-10-17(23)12-18(24)11-16/h9-13H,2-8,14H2,1H3,(H,25,28). The number of aryl methyl sites for hydroxylation is 1. The Labute approximate surface area is 168 Å². The highest BCUT2D eigenvalue weighted by atomic mass is 19.1. The van der Waals surface area contributed by atoms with E-state index in [-0.39, 0.29) is 12.5 Å². The summed E-state index contributed by atoms with van der Waals surface area (Å²) in [4.78, 5) is 15.2. The molecule has 0 unspecified atom stereocenters. The Kier molecular flexibility index (Phi) is 5.67. The Morgan fingerprint density at radius 2 is 1.79 bits per heavy atom. The Hall–Kier alpha value is -2.67. The lowest BCUT2D eigenvalue weighted by Gasteiger charge is -2.26. The summed E-state index contributed by atoms with van der Waals surface area (Å²) in [5, 5.41) is 2.97. The first-order valence-corrected chi connectivity index (χ1v) is 10.0. The lowest BCUT2D eigenvalue weighted by molar-refractivity contribution is 0.0938. The number of likely N-dealkylation sites (tertiary alicyclic amines) is 1. The lowest BCUT2D eigenvalue weighted by atomic mass is 10.1. The van der Waals surface area contributed by atoms with Crippen LogP contribution in [0.3, 0.4) is 0 Å². The fourth-order valence-corrected chi connectivity index (χ4v) is 4.01. The molecule has 0 saturated carbocycles. The molecule has 0 atom stereocenters. The fraction of sp³-hybridized carbons (Fsp3) is 0.409. The van der Waals surface area contributed by atoms with Crippen LogP contribution in [0.15, 0.2) is 34.7 Å². The van der Waals surface area contributed by atoms with Gasteiger partial charge in [-0.25, -0.2) is 8.78 Å². The van der Waals surface area contributed by atoms with Crippen LogP contribution in [0.2, 0.25) is 0 Å². The predicted molar refractivity (Wildman–Crippen MR) is 107 cm³/mol. The number of amides is 1. The first-order chi connectivity index (χ1) is 14.0. The summed E-state index contributed by atoms with van der Waals surface area (Å²) in [6, 6.07) is 6.91. The van der Waals surface area contributed by atoms with Crippen molar-refractivity contribution in [2.45, 2.75) is 32.7 Å². The molecule has 4 rings (SSSR count). The van der Waals surface area contributed by atoms with Crippen LogP contribution in [0, 0.1) is 18.6 Å². The van der Waals surface area contributed by atoms with Crippen LogP contribution in [0.1, 0.15) is 41.1 Å². The topological polar surface area (TPSA) is 50.4 Å². The summed E-state index contributed by atoms with van der Waals surface area (Å²) < 4.78 is 34.7. The van der Waals surface area contributed by atoms with Gasteiger partial charge in [0.2, 0.25) is 0 Å². The summed E-state index contributed by atoms with van der Waals surface area (Å²) >= 11 is 0. The first kappa shape index (κ1) is 19.6. The second kappa shape index (κ2) is 8.37. The molecule has 0 radical (unpaired) electrons. The first-order valence-electron chi connectivity index (χ1n) is 10.0. The summed E-state index contributed by atoms with van der Waals surface area (Å²) in [7, 11) is 0. The summed E-state index contributed by atoms with van der Waals surface area (Å²) in [5.41, 5.74) is 2.18. The quantitative estimate of drug-likeness (QED) is 0.677. The monoisotopic (exact) mass is 401 g/mol. The number of carbonyl (C=O) groups excluding carboxylic acids is 1. The van der Waals surface area contributed by atoms with E-state index in [4.69, 9.17) is 4.42 Å². The molecule has 2 aromatic heterocycles. The Bertz CT molecular complexity index is 998. The third kappa shape index (κ3) is 4.50. The highest BCUT2D eigenvalue weighted by molar-refractivity contribution is 5.97. The number of nitrogens with one attached hydrogen (secondary N) is 1. The third-order valence-corrected chi connectivity index (χ3v) is 5.37. The number of fused-ring (bicyclic) bond motifs is 1. The van der Waals surface area contributed by atoms with Gasteiger partial charge in [-0.1, -0.05) is 6.42 Å². The summed E-state index contributed by atoms with van der Waals surface area (Å²) in [6.45, 7) is 5.51. The second-order valence-electron chi connectivity index (χ2n) is 7.66. The van der Waals surface area contributed by atoms with Crippen LogP contribution < -0.4 is 5.32 Å². The van der Waals surface area contributed by atoms with Gasteiger partial charge in [0.1, 0.15) is 23.1 Å². The molecular formula is C22H25F2N3O2. The van der Waals surface area contributed by atoms with Gasteiger partial charge in [0.15, 0.2) is 5.58 Å². The van der Waals surface area contributed by atoms with Crippen molar-refractivity contribution in [1.29, 1.82) is 0 Å².